The van der Waals surface area contributed by atoms with Gasteiger partial charge in [-0.1, -0.05) is 0 Å². The summed E-state index contributed by atoms with van der Waals surface area (Å²) in [6.45, 7) is 0.905. The van der Waals surface area contributed by atoms with E-state index in [-0.39, 0.29) is 23.6 Å². The van der Waals surface area contributed by atoms with Crippen LogP contribution in [-0.4, -0.2) is 49.6 Å². The number of esters is 1. The number of nitrogens with zero attached hydrogens (tertiary/aromatic N) is 2. The Hall–Kier alpha value is -3.79. The molecule has 2 aromatic rings. The third-order valence-corrected chi connectivity index (χ3v) is 4.23. The van der Waals surface area contributed by atoms with E-state index in [1.54, 1.807) is 29.2 Å². The number of anilines is 2. The topological polar surface area (TPSA) is 128 Å². The van der Waals surface area contributed by atoms with Crippen LogP contribution in [0.4, 0.5) is 17.1 Å². The summed E-state index contributed by atoms with van der Waals surface area (Å²) in [5, 5.41) is 13.7. The maximum Gasteiger partial charge on any atom is 0.338 e. The van der Waals surface area contributed by atoms with E-state index in [4.69, 9.17) is 4.74 Å². The molecule has 1 fully saturated rings. The van der Waals surface area contributed by atoms with Gasteiger partial charge in [-0.25, -0.2) is 4.79 Å². The van der Waals surface area contributed by atoms with Crippen LogP contribution >= 0.6 is 0 Å². The number of carbonyl (C=O) groups excluding carboxylic acids is 3. The van der Waals surface area contributed by atoms with Crippen LogP contribution in [0.3, 0.4) is 0 Å². The van der Waals surface area contributed by atoms with Gasteiger partial charge >= 0.3 is 5.97 Å². The molecule has 3 rings (SSSR count). The Balaban J connectivity index is 1.79. The van der Waals surface area contributed by atoms with Crippen LogP contribution in [0.25, 0.3) is 0 Å². The van der Waals surface area contributed by atoms with Gasteiger partial charge in [0.25, 0.3) is 17.5 Å². The Morgan fingerprint density at radius 3 is 2.48 bits per heavy atom. The summed E-state index contributed by atoms with van der Waals surface area (Å²) in [5.74, 6) is -1.57. The van der Waals surface area contributed by atoms with E-state index in [1.165, 1.54) is 6.07 Å². The summed E-state index contributed by atoms with van der Waals surface area (Å²) >= 11 is 0. The second kappa shape index (κ2) is 8.48. The predicted octanol–water partition coefficient (Wildman–Crippen LogP) is 2.00. The summed E-state index contributed by atoms with van der Waals surface area (Å²) < 4.78 is 9.66. The highest BCUT2D eigenvalue weighted by atomic mass is 16.6. The molecule has 2 aromatic carbocycles. The highest BCUT2D eigenvalue weighted by molar-refractivity contribution is 6.06. The maximum absolute atomic E-state index is 12.5. The van der Waals surface area contributed by atoms with Crippen molar-refractivity contribution in [3.05, 3.63) is 63.7 Å². The number of hydrogen-bond donors (Lipinski definition) is 1. The minimum Gasteiger partial charge on any atom is -0.465 e. The van der Waals surface area contributed by atoms with Gasteiger partial charge in [0.1, 0.15) is 6.61 Å². The van der Waals surface area contributed by atoms with Gasteiger partial charge in [-0.2, -0.15) is 0 Å². The second-order valence-corrected chi connectivity index (χ2v) is 6.12. The first kappa shape index (κ1) is 20.0. The Kier molecular flexibility index (Phi) is 5.84. The van der Waals surface area contributed by atoms with Gasteiger partial charge in [-0.05, 0) is 30.3 Å². The first-order valence-corrected chi connectivity index (χ1v) is 8.56. The minimum atomic E-state index is -0.790. The number of nitro groups is 1. The van der Waals surface area contributed by atoms with E-state index in [0.29, 0.717) is 24.5 Å². The predicted molar refractivity (Wildman–Crippen MR) is 102 cm³/mol. The first-order valence-electron chi connectivity index (χ1n) is 8.56. The molecule has 0 radical (unpaired) electrons. The fraction of sp³-hybridized carbons (Fsp3) is 0.211. The number of non-ortho nitro benzene ring substituents is 1. The normalized spacial score (nSPS) is 13.7. The van der Waals surface area contributed by atoms with E-state index in [0.717, 1.165) is 19.2 Å². The van der Waals surface area contributed by atoms with E-state index < -0.39 is 22.5 Å². The number of nitrogens with one attached hydrogen (secondary N) is 1. The molecule has 1 saturated heterocycles. The summed E-state index contributed by atoms with van der Waals surface area (Å²) in [7, 11) is 1.14. The molecule has 2 amide bonds. The van der Waals surface area contributed by atoms with Gasteiger partial charge in [0.05, 0.1) is 24.2 Å². The molecule has 0 saturated carbocycles. The van der Waals surface area contributed by atoms with Crippen molar-refractivity contribution in [2.75, 3.05) is 37.1 Å². The fourth-order valence-electron chi connectivity index (χ4n) is 2.80. The Morgan fingerprint density at radius 1 is 1.17 bits per heavy atom. The van der Waals surface area contributed by atoms with E-state index >= 15 is 0 Å². The summed E-state index contributed by atoms with van der Waals surface area (Å²) in [6.07, 6.45) is 0. The van der Waals surface area contributed by atoms with Gasteiger partial charge in [0.2, 0.25) is 0 Å². The summed E-state index contributed by atoms with van der Waals surface area (Å²) in [5.41, 5.74) is 0.518. The van der Waals surface area contributed by atoms with Gasteiger partial charge in [-0.15, -0.1) is 0 Å². The zero-order valence-corrected chi connectivity index (χ0v) is 15.4. The van der Waals surface area contributed by atoms with Gasteiger partial charge < -0.3 is 19.7 Å². The largest absolute Gasteiger partial charge is 0.465 e. The molecule has 0 unspecified atom stereocenters. The fourth-order valence-corrected chi connectivity index (χ4v) is 2.80. The Bertz CT molecular complexity index is 972. The standard InChI is InChI=1S/C19H17N3O7/c1-28-19(25)13-8-12(9-16(10-13)22(26)27)18(24)20-14-2-4-15(5-3-14)21-6-7-29-11-17(21)23/h2-5,8-10H,6-7,11H2,1H3,(H,20,24). The number of hydrogen-bond acceptors (Lipinski definition) is 7. The smallest absolute Gasteiger partial charge is 0.338 e. The molecule has 29 heavy (non-hydrogen) atoms. The number of nitro benzene ring substituents is 1. The number of carbonyl (C=O) groups is 3. The zero-order valence-electron chi connectivity index (χ0n) is 15.4. The van der Waals surface area contributed by atoms with Crippen molar-refractivity contribution in [3.63, 3.8) is 0 Å². The van der Waals surface area contributed by atoms with E-state index in [2.05, 4.69) is 10.1 Å². The number of methoxy groups -OCH3 is 1. The van der Waals surface area contributed by atoms with Gasteiger partial charge in [-0.3, -0.25) is 19.7 Å². The second-order valence-electron chi connectivity index (χ2n) is 6.12. The summed E-state index contributed by atoms with van der Waals surface area (Å²) in [4.78, 5) is 48.1. The maximum atomic E-state index is 12.5. The molecule has 0 spiro atoms. The van der Waals surface area contributed by atoms with E-state index in [9.17, 15) is 24.5 Å². The van der Waals surface area contributed by atoms with Crippen LogP contribution in [0.5, 0.6) is 0 Å². The number of amides is 2. The molecule has 10 heteroatoms. The average molecular weight is 399 g/mol. The zero-order chi connectivity index (χ0) is 21.0. The van der Waals surface area contributed by atoms with Crippen LogP contribution in [0, 0.1) is 10.1 Å². The SMILES string of the molecule is COC(=O)c1cc(C(=O)Nc2ccc(N3CCOCC3=O)cc2)cc([N+](=O)[O-])c1. The molecular formula is C19H17N3O7. The number of rotatable bonds is 5. The first-order chi connectivity index (χ1) is 13.9. The van der Waals surface area contributed by atoms with Crippen LogP contribution in [0.1, 0.15) is 20.7 Å². The lowest BCUT2D eigenvalue weighted by Crippen LogP contribution is -2.41. The minimum absolute atomic E-state index is 0.0216. The highest BCUT2D eigenvalue weighted by Gasteiger charge is 2.21. The van der Waals surface area contributed by atoms with Crippen molar-refractivity contribution in [1.82, 2.24) is 0 Å². The highest BCUT2D eigenvalue weighted by Crippen LogP contribution is 2.22. The number of morpholine rings is 1. The molecule has 0 bridgehead atoms. The molecule has 1 aliphatic heterocycles. The lowest BCUT2D eigenvalue weighted by molar-refractivity contribution is -0.384. The molecule has 10 nitrogen and oxygen atoms in total. The molecule has 1 aliphatic rings. The van der Waals surface area contributed by atoms with Gasteiger partial charge in [0, 0.05) is 35.6 Å². The van der Waals surface area contributed by atoms with Crippen molar-refractivity contribution in [1.29, 1.82) is 0 Å². The Morgan fingerprint density at radius 2 is 1.86 bits per heavy atom. The molecule has 1 heterocycles. The number of benzene rings is 2. The number of ether oxygens (including phenoxy) is 2. The molecular weight excluding hydrogens is 382 g/mol. The van der Waals surface area contributed by atoms with E-state index in [1.807, 2.05) is 0 Å². The monoisotopic (exact) mass is 399 g/mol. The quantitative estimate of drug-likeness (QED) is 0.462. The lowest BCUT2D eigenvalue weighted by atomic mass is 10.1. The molecule has 0 aromatic heterocycles. The van der Waals surface area contributed by atoms with Gasteiger partial charge in [0.15, 0.2) is 0 Å². The molecule has 150 valence electrons. The lowest BCUT2D eigenvalue weighted by Gasteiger charge is -2.26. The summed E-state index contributed by atoms with van der Waals surface area (Å²) in [6, 6.07) is 9.88. The van der Waals surface area contributed by atoms with Crippen molar-refractivity contribution in [3.8, 4) is 0 Å². The average Bonchev–Trinajstić information content (AvgIpc) is 2.73. The molecule has 0 aliphatic carbocycles. The Labute approximate surface area is 165 Å². The van der Waals surface area contributed by atoms with Crippen LogP contribution in [0.2, 0.25) is 0 Å². The van der Waals surface area contributed by atoms with Crippen molar-refractivity contribution >= 4 is 34.8 Å². The van der Waals surface area contributed by atoms with Crippen molar-refractivity contribution < 1.29 is 28.8 Å². The van der Waals surface area contributed by atoms with Crippen LogP contribution in [0.15, 0.2) is 42.5 Å². The third kappa shape index (κ3) is 4.55. The molecule has 1 N–H and O–H groups in total. The third-order valence-electron chi connectivity index (χ3n) is 4.23. The van der Waals surface area contributed by atoms with Crippen LogP contribution in [-0.2, 0) is 14.3 Å². The van der Waals surface area contributed by atoms with Crippen molar-refractivity contribution in [2.24, 2.45) is 0 Å². The van der Waals surface area contributed by atoms with Crippen molar-refractivity contribution in [2.45, 2.75) is 0 Å². The molecule has 0 atom stereocenters. The van der Waals surface area contributed by atoms with Crippen LogP contribution < -0.4 is 10.2 Å².